The molecule has 0 bridgehead atoms. The van der Waals surface area contributed by atoms with Gasteiger partial charge in [-0.25, -0.2) is 0 Å². The second-order valence-corrected chi connectivity index (χ2v) is 7.57. The molecule has 0 radical (unpaired) electrons. The molecule has 4 heteroatoms. The van der Waals surface area contributed by atoms with Crippen molar-refractivity contribution in [1.29, 1.82) is 0 Å². The first-order chi connectivity index (χ1) is 9.89. The molecule has 2 unspecified atom stereocenters. The number of aryl methyl sites for hydroxylation is 1. The zero-order valence-electron chi connectivity index (χ0n) is 13.6. The maximum atomic E-state index is 12.2. The summed E-state index contributed by atoms with van der Waals surface area (Å²) < 4.78 is 29.6. The van der Waals surface area contributed by atoms with Gasteiger partial charge in [0, 0.05) is 0 Å². The van der Waals surface area contributed by atoms with Gasteiger partial charge in [0.2, 0.25) is 0 Å². The highest BCUT2D eigenvalue weighted by molar-refractivity contribution is 7.86. The first-order valence-corrected chi connectivity index (χ1v) is 9.26. The predicted molar refractivity (Wildman–Crippen MR) is 86.8 cm³/mol. The highest BCUT2D eigenvalue weighted by Gasteiger charge is 2.19. The van der Waals surface area contributed by atoms with Gasteiger partial charge in [0.05, 0.1) is 11.5 Å². The Morgan fingerprint density at radius 1 is 1.14 bits per heavy atom. The Hall–Kier alpha value is -0.870. The molecule has 0 aliphatic rings. The van der Waals surface area contributed by atoms with Gasteiger partial charge in [0.1, 0.15) is 0 Å². The minimum absolute atomic E-state index is 0.240. The van der Waals surface area contributed by atoms with Gasteiger partial charge in [-0.1, -0.05) is 57.7 Å². The lowest BCUT2D eigenvalue weighted by Gasteiger charge is -2.19. The molecule has 0 aliphatic carbocycles. The normalized spacial score (nSPS) is 14.9. The largest absolute Gasteiger partial charge is 0.296 e. The van der Waals surface area contributed by atoms with E-state index in [-0.39, 0.29) is 11.5 Å². The van der Waals surface area contributed by atoms with E-state index in [0.29, 0.717) is 11.8 Å². The number of rotatable bonds is 9. The van der Waals surface area contributed by atoms with E-state index >= 15 is 0 Å². The summed E-state index contributed by atoms with van der Waals surface area (Å²) in [4.78, 5) is 0.240. The molecule has 0 N–H and O–H groups in total. The number of benzene rings is 1. The van der Waals surface area contributed by atoms with Crippen molar-refractivity contribution in [2.75, 3.05) is 6.61 Å². The van der Waals surface area contributed by atoms with Crippen LogP contribution in [0.25, 0.3) is 0 Å². The maximum Gasteiger partial charge on any atom is 0.296 e. The molecule has 0 aliphatic heterocycles. The van der Waals surface area contributed by atoms with Crippen molar-refractivity contribution in [3.63, 3.8) is 0 Å². The molecule has 21 heavy (non-hydrogen) atoms. The van der Waals surface area contributed by atoms with Crippen molar-refractivity contribution in [2.24, 2.45) is 11.8 Å². The van der Waals surface area contributed by atoms with E-state index in [1.165, 1.54) is 12.8 Å². The molecular weight excluding hydrogens is 284 g/mol. The zero-order valence-corrected chi connectivity index (χ0v) is 14.4. The van der Waals surface area contributed by atoms with Crippen LogP contribution in [-0.4, -0.2) is 15.0 Å². The highest BCUT2D eigenvalue weighted by atomic mass is 32.2. The Labute approximate surface area is 129 Å². The van der Waals surface area contributed by atoms with Gasteiger partial charge in [-0.2, -0.15) is 8.42 Å². The van der Waals surface area contributed by atoms with Gasteiger partial charge >= 0.3 is 0 Å². The quantitative estimate of drug-likeness (QED) is 0.628. The van der Waals surface area contributed by atoms with Crippen molar-refractivity contribution >= 4 is 10.1 Å². The maximum absolute atomic E-state index is 12.2. The third kappa shape index (κ3) is 6.18. The van der Waals surface area contributed by atoms with Gasteiger partial charge in [0.15, 0.2) is 0 Å². The van der Waals surface area contributed by atoms with Crippen molar-refractivity contribution in [2.45, 2.75) is 58.3 Å². The average molecular weight is 312 g/mol. The molecule has 0 aromatic heterocycles. The van der Waals surface area contributed by atoms with E-state index in [1.807, 2.05) is 6.92 Å². The van der Waals surface area contributed by atoms with Gasteiger partial charge in [-0.3, -0.25) is 4.18 Å². The molecule has 0 heterocycles. The topological polar surface area (TPSA) is 43.4 Å². The van der Waals surface area contributed by atoms with Crippen LogP contribution >= 0.6 is 0 Å². The summed E-state index contributed by atoms with van der Waals surface area (Å²) in [6.45, 7) is 8.70. The molecule has 0 saturated heterocycles. The SMILES string of the molecule is CCCC(C)CC(CC)COS(=O)(=O)c1ccc(C)cc1. The average Bonchev–Trinajstić information content (AvgIpc) is 2.44. The summed E-state index contributed by atoms with van der Waals surface area (Å²) in [5, 5.41) is 0. The third-order valence-electron chi connectivity index (χ3n) is 3.86. The van der Waals surface area contributed by atoms with Crippen molar-refractivity contribution in [3.05, 3.63) is 29.8 Å². The Kier molecular flexibility index (Phi) is 7.40. The third-order valence-corrected chi connectivity index (χ3v) is 5.16. The summed E-state index contributed by atoms with van der Waals surface area (Å²) >= 11 is 0. The van der Waals surface area contributed by atoms with Crippen LogP contribution in [0.15, 0.2) is 29.2 Å². The Bertz CT molecular complexity index is 505. The van der Waals surface area contributed by atoms with Crippen LogP contribution in [0, 0.1) is 18.8 Å². The molecule has 0 spiro atoms. The smallest absolute Gasteiger partial charge is 0.266 e. The van der Waals surface area contributed by atoms with E-state index in [0.717, 1.165) is 18.4 Å². The van der Waals surface area contributed by atoms with Gasteiger partial charge in [-0.05, 0) is 37.3 Å². The van der Waals surface area contributed by atoms with Gasteiger partial charge in [-0.15, -0.1) is 0 Å². The zero-order chi connectivity index (χ0) is 15.9. The molecule has 120 valence electrons. The summed E-state index contributed by atoms with van der Waals surface area (Å²) in [6.07, 6.45) is 4.31. The monoisotopic (exact) mass is 312 g/mol. The van der Waals surface area contributed by atoms with Crippen LogP contribution in [0.2, 0.25) is 0 Å². The predicted octanol–water partition coefficient (Wildman–Crippen LogP) is 4.55. The second kappa shape index (κ2) is 8.54. The van der Waals surface area contributed by atoms with Crippen LogP contribution in [0.3, 0.4) is 0 Å². The highest BCUT2D eigenvalue weighted by Crippen LogP contribution is 2.22. The van der Waals surface area contributed by atoms with E-state index in [4.69, 9.17) is 4.18 Å². The van der Waals surface area contributed by atoms with Crippen LogP contribution in [0.4, 0.5) is 0 Å². The summed E-state index contributed by atoms with van der Waals surface area (Å²) in [5.41, 5.74) is 1.04. The molecule has 0 fully saturated rings. The molecule has 1 aromatic rings. The minimum Gasteiger partial charge on any atom is -0.266 e. The van der Waals surface area contributed by atoms with E-state index in [9.17, 15) is 8.42 Å². The van der Waals surface area contributed by atoms with Gasteiger partial charge < -0.3 is 0 Å². The van der Waals surface area contributed by atoms with E-state index in [2.05, 4.69) is 20.8 Å². The molecule has 2 atom stereocenters. The van der Waals surface area contributed by atoms with Crippen LogP contribution in [0.5, 0.6) is 0 Å². The van der Waals surface area contributed by atoms with Crippen LogP contribution < -0.4 is 0 Å². The Morgan fingerprint density at radius 2 is 1.76 bits per heavy atom. The van der Waals surface area contributed by atoms with E-state index in [1.54, 1.807) is 24.3 Å². The Morgan fingerprint density at radius 3 is 2.29 bits per heavy atom. The standard InChI is InChI=1S/C17H28O3S/c1-5-7-15(4)12-16(6-2)13-20-21(18,19)17-10-8-14(3)9-11-17/h8-11,15-16H,5-7,12-13H2,1-4H3. The lowest BCUT2D eigenvalue weighted by Crippen LogP contribution is -2.16. The summed E-state index contributed by atoms with van der Waals surface area (Å²) in [6, 6.07) is 6.78. The van der Waals surface area contributed by atoms with Crippen molar-refractivity contribution in [3.8, 4) is 0 Å². The number of hydrogen-bond donors (Lipinski definition) is 0. The summed E-state index contributed by atoms with van der Waals surface area (Å²) in [7, 11) is -3.63. The molecule has 1 rings (SSSR count). The van der Waals surface area contributed by atoms with Crippen LogP contribution in [-0.2, 0) is 14.3 Å². The Balaban J connectivity index is 2.60. The van der Waals surface area contributed by atoms with Crippen LogP contribution in [0.1, 0.15) is 52.0 Å². The first kappa shape index (κ1) is 18.2. The molecule has 0 amide bonds. The first-order valence-electron chi connectivity index (χ1n) is 7.85. The molecule has 1 aromatic carbocycles. The van der Waals surface area contributed by atoms with Gasteiger partial charge in [0.25, 0.3) is 10.1 Å². The van der Waals surface area contributed by atoms with E-state index < -0.39 is 10.1 Å². The lowest BCUT2D eigenvalue weighted by molar-refractivity contribution is 0.220. The fraction of sp³-hybridized carbons (Fsp3) is 0.647. The fourth-order valence-corrected chi connectivity index (χ4v) is 3.47. The number of hydrogen-bond acceptors (Lipinski definition) is 3. The fourth-order valence-electron chi connectivity index (χ4n) is 2.49. The lowest BCUT2D eigenvalue weighted by atomic mass is 9.91. The second-order valence-electron chi connectivity index (χ2n) is 5.96. The summed E-state index contributed by atoms with van der Waals surface area (Å²) in [5.74, 6) is 0.914. The van der Waals surface area contributed by atoms with Crippen molar-refractivity contribution in [1.82, 2.24) is 0 Å². The molecule has 3 nitrogen and oxygen atoms in total. The van der Waals surface area contributed by atoms with Crippen molar-refractivity contribution < 1.29 is 12.6 Å². The molecule has 0 saturated carbocycles. The minimum atomic E-state index is -3.63. The molecular formula is C17H28O3S.